The van der Waals surface area contributed by atoms with Gasteiger partial charge in [0.25, 0.3) is 0 Å². The largest absolute Gasteiger partial charge is 0.508 e. The molecule has 132 valence electrons. The molecule has 1 amide bonds. The lowest BCUT2D eigenvalue weighted by Gasteiger charge is -2.32. The lowest BCUT2D eigenvalue weighted by molar-refractivity contribution is -0.120. The Morgan fingerprint density at radius 2 is 2.00 bits per heavy atom. The normalized spacial score (nSPS) is 15.8. The average molecular weight is 339 g/mol. The summed E-state index contributed by atoms with van der Waals surface area (Å²) in [7, 11) is 0. The number of likely N-dealkylation sites (tertiary alicyclic amines) is 1. The Morgan fingerprint density at radius 1 is 1.20 bits per heavy atom. The first-order valence-corrected chi connectivity index (χ1v) is 8.85. The first kappa shape index (κ1) is 17.4. The lowest BCUT2D eigenvalue weighted by atomic mass is 9.96. The fourth-order valence-corrected chi connectivity index (χ4v) is 3.27. The lowest BCUT2D eigenvalue weighted by Crippen LogP contribution is -2.38. The van der Waals surface area contributed by atoms with Gasteiger partial charge in [0.05, 0.1) is 6.42 Å². The van der Waals surface area contributed by atoms with Gasteiger partial charge in [-0.2, -0.15) is 0 Å². The van der Waals surface area contributed by atoms with E-state index in [9.17, 15) is 9.90 Å². The van der Waals surface area contributed by atoms with Crippen LogP contribution >= 0.6 is 0 Å². The van der Waals surface area contributed by atoms with E-state index in [0.717, 1.165) is 44.6 Å². The Bertz CT molecular complexity index is 682. The number of carbonyl (C=O) groups excluding carboxylic acids is 1. The fraction of sp³-hybridized carbons (Fsp3) is 0.400. The van der Waals surface area contributed by atoms with E-state index in [-0.39, 0.29) is 11.7 Å². The van der Waals surface area contributed by atoms with Crippen molar-refractivity contribution in [3.8, 4) is 5.75 Å². The van der Waals surface area contributed by atoms with Crippen LogP contribution in [0.3, 0.4) is 0 Å². The number of carbonyl (C=O) groups is 1. The molecule has 25 heavy (non-hydrogen) atoms. The predicted octanol–water partition coefficient (Wildman–Crippen LogP) is 2.36. The molecular formula is C20H25N3O2. The molecule has 1 aliphatic rings. The molecule has 0 saturated carbocycles. The number of phenols is 1. The molecule has 5 heteroatoms. The van der Waals surface area contributed by atoms with E-state index in [1.807, 2.05) is 18.3 Å². The molecule has 1 aliphatic heterocycles. The van der Waals surface area contributed by atoms with Crippen LogP contribution in [-0.4, -0.2) is 40.5 Å². The molecule has 0 spiro atoms. The van der Waals surface area contributed by atoms with E-state index in [2.05, 4.69) is 21.3 Å². The molecule has 3 rings (SSSR count). The minimum Gasteiger partial charge on any atom is -0.508 e. The smallest absolute Gasteiger partial charge is 0.224 e. The van der Waals surface area contributed by atoms with Crippen molar-refractivity contribution in [1.29, 1.82) is 0 Å². The first-order chi connectivity index (χ1) is 12.2. The van der Waals surface area contributed by atoms with Crippen molar-refractivity contribution in [2.24, 2.45) is 5.92 Å². The first-order valence-electron chi connectivity index (χ1n) is 8.85. The second-order valence-electron chi connectivity index (χ2n) is 6.73. The van der Waals surface area contributed by atoms with E-state index in [4.69, 9.17) is 0 Å². The number of nitrogens with one attached hydrogen (secondary N) is 1. The van der Waals surface area contributed by atoms with E-state index in [1.165, 1.54) is 5.56 Å². The summed E-state index contributed by atoms with van der Waals surface area (Å²) >= 11 is 0. The number of phenolic OH excluding ortho intramolecular Hbond substituents is 1. The Morgan fingerprint density at radius 3 is 2.72 bits per heavy atom. The van der Waals surface area contributed by atoms with Crippen molar-refractivity contribution in [1.82, 2.24) is 15.2 Å². The van der Waals surface area contributed by atoms with Crippen LogP contribution in [-0.2, 0) is 17.8 Å². The summed E-state index contributed by atoms with van der Waals surface area (Å²) in [5, 5.41) is 12.5. The van der Waals surface area contributed by atoms with Gasteiger partial charge in [0.15, 0.2) is 0 Å². The molecule has 0 radical (unpaired) electrons. The molecule has 0 atom stereocenters. The molecule has 2 aromatic rings. The highest BCUT2D eigenvalue weighted by Gasteiger charge is 2.19. The standard InChI is InChI=1S/C20H25N3O2/c24-19-5-1-3-17(11-19)12-20(25)22-14-16-6-9-23(10-7-16)15-18-4-2-8-21-13-18/h1-5,8,11,13,16,24H,6-7,9-10,12,14-15H2,(H,22,25). The summed E-state index contributed by atoms with van der Waals surface area (Å²) in [4.78, 5) is 18.7. The van der Waals surface area contributed by atoms with Gasteiger partial charge in [0.1, 0.15) is 5.75 Å². The van der Waals surface area contributed by atoms with Gasteiger partial charge in [0.2, 0.25) is 5.91 Å². The second-order valence-corrected chi connectivity index (χ2v) is 6.73. The third-order valence-corrected chi connectivity index (χ3v) is 4.70. The molecule has 0 bridgehead atoms. The second kappa shape index (κ2) is 8.62. The van der Waals surface area contributed by atoms with E-state index in [1.54, 1.807) is 24.4 Å². The van der Waals surface area contributed by atoms with Crippen LogP contribution in [0.5, 0.6) is 5.75 Å². The van der Waals surface area contributed by atoms with Crippen LogP contribution < -0.4 is 5.32 Å². The molecule has 2 N–H and O–H groups in total. The quantitative estimate of drug-likeness (QED) is 0.848. The Hall–Kier alpha value is -2.40. The summed E-state index contributed by atoms with van der Waals surface area (Å²) in [6.45, 7) is 3.80. The molecule has 0 aliphatic carbocycles. The number of hydrogen-bond donors (Lipinski definition) is 2. The van der Waals surface area contributed by atoms with Crippen LogP contribution in [0.1, 0.15) is 24.0 Å². The van der Waals surface area contributed by atoms with Gasteiger partial charge in [-0.1, -0.05) is 18.2 Å². The number of aromatic nitrogens is 1. The Labute approximate surface area is 148 Å². The summed E-state index contributed by atoms with van der Waals surface area (Å²) in [6, 6.07) is 11.0. The monoisotopic (exact) mass is 339 g/mol. The number of rotatable bonds is 6. The van der Waals surface area contributed by atoms with Gasteiger partial charge in [-0.3, -0.25) is 14.7 Å². The van der Waals surface area contributed by atoms with Gasteiger partial charge in [-0.15, -0.1) is 0 Å². The van der Waals surface area contributed by atoms with Crippen molar-refractivity contribution in [3.05, 3.63) is 59.9 Å². The maximum Gasteiger partial charge on any atom is 0.224 e. The van der Waals surface area contributed by atoms with Crippen molar-refractivity contribution in [2.45, 2.75) is 25.8 Å². The SMILES string of the molecule is O=C(Cc1cccc(O)c1)NCC1CCN(Cc2cccnc2)CC1. The third-order valence-electron chi connectivity index (χ3n) is 4.70. The highest BCUT2D eigenvalue weighted by Crippen LogP contribution is 2.18. The van der Waals surface area contributed by atoms with Gasteiger partial charge >= 0.3 is 0 Å². The molecular weight excluding hydrogens is 314 g/mol. The number of nitrogens with zero attached hydrogens (tertiary/aromatic N) is 2. The Kier molecular flexibility index (Phi) is 6.01. The van der Waals surface area contributed by atoms with E-state index >= 15 is 0 Å². The molecule has 2 heterocycles. The summed E-state index contributed by atoms with van der Waals surface area (Å²) in [6.07, 6.45) is 6.25. The fourth-order valence-electron chi connectivity index (χ4n) is 3.27. The number of piperidine rings is 1. The Balaban J connectivity index is 1.37. The number of aromatic hydroxyl groups is 1. The maximum absolute atomic E-state index is 12.1. The summed E-state index contributed by atoms with van der Waals surface area (Å²) in [5.74, 6) is 0.757. The highest BCUT2D eigenvalue weighted by atomic mass is 16.3. The van der Waals surface area contributed by atoms with Crippen molar-refractivity contribution < 1.29 is 9.90 Å². The van der Waals surface area contributed by atoms with E-state index < -0.39 is 0 Å². The highest BCUT2D eigenvalue weighted by molar-refractivity contribution is 5.78. The van der Waals surface area contributed by atoms with Crippen LogP contribution in [0.25, 0.3) is 0 Å². The zero-order valence-corrected chi connectivity index (χ0v) is 14.4. The van der Waals surface area contributed by atoms with E-state index in [0.29, 0.717) is 12.3 Å². The van der Waals surface area contributed by atoms with Crippen molar-refractivity contribution in [2.75, 3.05) is 19.6 Å². The van der Waals surface area contributed by atoms with Crippen LogP contribution in [0.4, 0.5) is 0 Å². The number of pyridine rings is 1. The van der Waals surface area contributed by atoms with Gasteiger partial charge in [0, 0.05) is 25.5 Å². The van der Waals surface area contributed by atoms with Crippen LogP contribution in [0.15, 0.2) is 48.8 Å². The number of hydrogen-bond acceptors (Lipinski definition) is 4. The van der Waals surface area contributed by atoms with Gasteiger partial charge in [-0.25, -0.2) is 0 Å². The minimum atomic E-state index is 0.0170. The predicted molar refractivity (Wildman–Crippen MR) is 97.1 cm³/mol. The maximum atomic E-state index is 12.1. The summed E-state index contributed by atoms with van der Waals surface area (Å²) in [5.41, 5.74) is 2.09. The topological polar surface area (TPSA) is 65.5 Å². The van der Waals surface area contributed by atoms with Crippen LogP contribution in [0, 0.1) is 5.92 Å². The molecule has 1 fully saturated rings. The molecule has 0 unspecified atom stereocenters. The zero-order valence-electron chi connectivity index (χ0n) is 14.4. The number of benzene rings is 1. The average Bonchev–Trinajstić information content (AvgIpc) is 2.62. The van der Waals surface area contributed by atoms with Gasteiger partial charge in [-0.05, 0) is 61.2 Å². The van der Waals surface area contributed by atoms with Crippen molar-refractivity contribution in [3.63, 3.8) is 0 Å². The number of amides is 1. The van der Waals surface area contributed by atoms with Crippen molar-refractivity contribution >= 4 is 5.91 Å². The van der Waals surface area contributed by atoms with Gasteiger partial charge < -0.3 is 10.4 Å². The minimum absolute atomic E-state index is 0.0170. The summed E-state index contributed by atoms with van der Waals surface area (Å²) < 4.78 is 0. The molecule has 1 aromatic heterocycles. The third kappa shape index (κ3) is 5.57. The van der Waals surface area contributed by atoms with Crippen LogP contribution in [0.2, 0.25) is 0 Å². The molecule has 5 nitrogen and oxygen atoms in total. The zero-order chi connectivity index (χ0) is 17.5. The molecule has 1 saturated heterocycles. The molecule has 1 aromatic carbocycles.